The van der Waals surface area contributed by atoms with Crippen molar-refractivity contribution in [3.8, 4) is 5.75 Å². The fourth-order valence-corrected chi connectivity index (χ4v) is 4.47. The summed E-state index contributed by atoms with van der Waals surface area (Å²) >= 11 is 3.61. The molecule has 3 atom stereocenters. The lowest BCUT2D eigenvalue weighted by Crippen LogP contribution is -2.25. The van der Waals surface area contributed by atoms with Crippen molar-refractivity contribution in [1.29, 1.82) is 0 Å². The van der Waals surface area contributed by atoms with Gasteiger partial charge in [-0.05, 0) is 62.3 Å². The normalized spacial score (nSPS) is 29.1. The summed E-state index contributed by atoms with van der Waals surface area (Å²) in [5, 5.41) is 3.71. The van der Waals surface area contributed by atoms with Gasteiger partial charge in [-0.2, -0.15) is 0 Å². The van der Waals surface area contributed by atoms with Crippen LogP contribution < -0.4 is 10.1 Å². The molecule has 0 bridgehead atoms. The fraction of sp³-hybridized carbons (Fsp3) is 0.647. The first kappa shape index (κ1) is 14.4. The molecule has 2 aliphatic rings. The monoisotopic (exact) mass is 337 g/mol. The third kappa shape index (κ3) is 2.62. The number of benzene rings is 1. The quantitative estimate of drug-likeness (QED) is 0.822. The van der Waals surface area contributed by atoms with Gasteiger partial charge in [0, 0.05) is 16.1 Å². The molecular formula is C17H24BrNO. The van der Waals surface area contributed by atoms with Crippen LogP contribution in [0.1, 0.15) is 44.7 Å². The molecule has 0 spiro atoms. The van der Waals surface area contributed by atoms with E-state index in [2.05, 4.69) is 53.3 Å². The third-order valence-electron chi connectivity index (χ3n) is 4.89. The zero-order valence-corrected chi connectivity index (χ0v) is 13.9. The summed E-state index contributed by atoms with van der Waals surface area (Å²) in [5.74, 6) is 3.77. The second-order valence-electron chi connectivity index (χ2n) is 5.99. The van der Waals surface area contributed by atoms with Crippen molar-refractivity contribution in [2.45, 2.75) is 39.2 Å². The van der Waals surface area contributed by atoms with E-state index in [4.69, 9.17) is 4.74 Å². The van der Waals surface area contributed by atoms with Crippen LogP contribution in [-0.4, -0.2) is 13.2 Å². The first-order valence-corrected chi connectivity index (χ1v) is 8.71. The minimum absolute atomic E-state index is 0.453. The highest BCUT2D eigenvalue weighted by Gasteiger charge is 2.56. The van der Waals surface area contributed by atoms with E-state index < -0.39 is 0 Å². The van der Waals surface area contributed by atoms with Crippen LogP contribution in [0.15, 0.2) is 22.7 Å². The predicted molar refractivity (Wildman–Crippen MR) is 86.0 cm³/mol. The highest BCUT2D eigenvalue weighted by molar-refractivity contribution is 9.10. The van der Waals surface area contributed by atoms with Crippen molar-refractivity contribution in [1.82, 2.24) is 5.32 Å². The number of nitrogens with one attached hydrogen (secondary N) is 1. The highest BCUT2D eigenvalue weighted by Crippen LogP contribution is 2.62. The molecule has 2 aliphatic carbocycles. The van der Waals surface area contributed by atoms with E-state index in [0.29, 0.717) is 6.04 Å². The molecule has 110 valence electrons. The average molecular weight is 338 g/mol. The summed E-state index contributed by atoms with van der Waals surface area (Å²) in [6.45, 7) is 5.99. The molecule has 0 heterocycles. The number of hydrogen-bond donors (Lipinski definition) is 1. The van der Waals surface area contributed by atoms with Gasteiger partial charge >= 0.3 is 0 Å². The maximum absolute atomic E-state index is 5.86. The fourth-order valence-electron chi connectivity index (χ4n) is 4.09. The van der Waals surface area contributed by atoms with Gasteiger partial charge in [0.1, 0.15) is 5.75 Å². The minimum Gasteiger partial charge on any atom is -0.494 e. The van der Waals surface area contributed by atoms with Gasteiger partial charge in [-0.1, -0.05) is 29.3 Å². The van der Waals surface area contributed by atoms with Crippen molar-refractivity contribution in [2.24, 2.45) is 17.8 Å². The van der Waals surface area contributed by atoms with Crippen molar-refractivity contribution in [3.63, 3.8) is 0 Å². The Labute approximate surface area is 130 Å². The first-order valence-electron chi connectivity index (χ1n) is 7.91. The first-order chi connectivity index (χ1) is 9.76. The van der Waals surface area contributed by atoms with Crippen LogP contribution in [0.3, 0.4) is 0 Å². The van der Waals surface area contributed by atoms with Gasteiger partial charge in [-0.3, -0.25) is 0 Å². The summed E-state index contributed by atoms with van der Waals surface area (Å²) < 4.78 is 7.00. The van der Waals surface area contributed by atoms with Crippen LogP contribution in [-0.2, 0) is 0 Å². The van der Waals surface area contributed by atoms with Gasteiger partial charge in [0.25, 0.3) is 0 Å². The largest absolute Gasteiger partial charge is 0.494 e. The molecule has 1 aromatic carbocycles. The van der Waals surface area contributed by atoms with Gasteiger partial charge < -0.3 is 10.1 Å². The van der Waals surface area contributed by atoms with Crippen LogP contribution in [0.4, 0.5) is 0 Å². The second-order valence-corrected chi connectivity index (χ2v) is 6.90. The predicted octanol–water partition coefficient (Wildman–Crippen LogP) is 4.54. The van der Waals surface area contributed by atoms with Gasteiger partial charge in [0.05, 0.1) is 6.61 Å². The number of ether oxygens (including phenoxy) is 1. The van der Waals surface area contributed by atoms with Crippen molar-refractivity contribution in [3.05, 3.63) is 28.2 Å². The number of hydrogen-bond acceptors (Lipinski definition) is 2. The summed E-state index contributed by atoms with van der Waals surface area (Å²) in [7, 11) is 0. The van der Waals surface area contributed by atoms with Gasteiger partial charge in [0.15, 0.2) is 0 Å². The van der Waals surface area contributed by atoms with Crippen molar-refractivity contribution >= 4 is 15.9 Å². The Morgan fingerprint density at radius 2 is 2.05 bits per heavy atom. The Balaban J connectivity index is 1.88. The highest BCUT2D eigenvalue weighted by atomic mass is 79.9. The Morgan fingerprint density at radius 1 is 1.30 bits per heavy atom. The van der Waals surface area contributed by atoms with Gasteiger partial charge in [-0.15, -0.1) is 0 Å². The average Bonchev–Trinajstić information content (AvgIpc) is 2.90. The molecule has 2 saturated carbocycles. The van der Waals surface area contributed by atoms with E-state index in [-0.39, 0.29) is 0 Å². The smallest absolute Gasteiger partial charge is 0.124 e. The van der Waals surface area contributed by atoms with Crippen LogP contribution in [0, 0.1) is 17.8 Å². The molecule has 0 aromatic heterocycles. The lowest BCUT2D eigenvalue weighted by molar-refractivity contribution is 0.324. The molecule has 3 heteroatoms. The second kappa shape index (κ2) is 6.07. The van der Waals surface area contributed by atoms with E-state index in [9.17, 15) is 0 Å². The lowest BCUT2D eigenvalue weighted by Gasteiger charge is -2.23. The van der Waals surface area contributed by atoms with Crippen molar-refractivity contribution < 1.29 is 4.74 Å². The van der Waals surface area contributed by atoms with Crippen LogP contribution in [0.2, 0.25) is 0 Å². The SMILES string of the molecule is CCNC(c1cc(Br)ccc1OCC)C1C2CCCC21. The summed E-state index contributed by atoms with van der Waals surface area (Å²) in [5.41, 5.74) is 1.34. The molecule has 2 fully saturated rings. The molecule has 0 saturated heterocycles. The maximum atomic E-state index is 5.86. The number of halogens is 1. The summed E-state index contributed by atoms with van der Waals surface area (Å²) in [4.78, 5) is 0. The molecule has 20 heavy (non-hydrogen) atoms. The molecule has 1 aromatic rings. The zero-order valence-electron chi connectivity index (χ0n) is 12.4. The number of fused-ring (bicyclic) bond motifs is 1. The molecule has 2 nitrogen and oxygen atoms in total. The summed E-state index contributed by atoms with van der Waals surface area (Å²) in [6.07, 6.45) is 4.28. The van der Waals surface area contributed by atoms with Crippen LogP contribution >= 0.6 is 15.9 Å². The molecule has 0 radical (unpaired) electrons. The van der Waals surface area contributed by atoms with Crippen LogP contribution in [0.25, 0.3) is 0 Å². The zero-order chi connectivity index (χ0) is 14.1. The standard InChI is InChI=1S/C17H24BrNO/c1-3-19-17(16-12-6-5-7-13(12)16)14-10-11(18)8-9-15(14)20-4-2/h8-10,12-13,16-17,19H,3-7H2,1-2H3. The summed E-state index contributed by atoms with van der Waals surface area (Å²) in [6, 6.07) is 6.87. The van der Waals surface area contributed by atoms with E-state index in [1.807, 2.05) is 0 Å². The molecule has 1 N–H and O–H groups in total. The maximum Gasteiger partial charge on any atom is 0.124 e. The van der Waals surface area contributed by atoms with E-state index in [1.54, 1.807) is 0 Å². The number of rotatable bonds is 6. The molecular weight excluding hydrogens is 314 g/mol. The van der Waals surface area contributed by atoms with E-state index >= 15 is 0 Å². The molecule has 0 amide bonds. The van der Waals surface area contributed by atoms with E-state index in [0.717, 1.165) is 41.1 Å². The van der Waals surface area contributed by atoms with Gasteiger partial charge in [0.2, 0.25) is 0 Å². The van der Waals surface area contributed by atoms with Crippen molar-refractivity contribution in [2.75, 3.05) is 13.2 Å². The molecule has 3 rings (SSSR count). The Bertz CT molecular complexity index is 466. The molecule has 3 unspecified atom stereocenters. The minimum atomic E-state index is 0.453. The Hall–Kier alpha value is -0.540. The lowest BCUT2D eigenvalue weighted by atomic mass is 9.96. The Kier molecular flexibility index (Phi) is 4.37. The van der Waals surface area contributed by atoms with E-state index in [1.165, 1.54) is 24.8 Å². The topological polar surface area (TPSA) is 21.3 Å². The third-order valence-corrected chi connectivity index (χ3v) is 5.38. The Morgan fingerprint density at radius 3 is 2.70 bits per heavy atom. The van der Waals surface area contributed by atoms with Crippen LogP contribution in [0.5, 0.6) is 5.75 Å². The molecule has 0 aliphatic heterocycles. The van der Waals surface area contributed by atoms with Gasteiger partial charge in [-0.25, -0.2) is 0 Å².